The van der Waals surface area contributed by atoms with Crippen LogP contribution in [0.3, 0.4) is 0 Å². The lowest BCUT2D eigenvalue weighted by Crippen LogP contribution is -2.36. The molecule has 0 bridgehead atoms. The molecule has 1 heterocycles. The number of nitrogens with zero attached hydrogens (tertiary/aromatic N) is 1. The second-order valence-corrected chi connectivity index (χ2v) is 4.92. The summed E-state index contributed by atoms with van der Waals surface area (Å²) in [6.07, 6.45) is 0. The summed E-state index contributed by atoms with van der Waals surface area (Å²) in [6.45, 7) is 1.95. The third-order valence-electron chi connectivity index (χ3n) is 2.06. The van der Waals surface area contributed by atoms with Crippen molar-refractivity contribution in [2.24, 2.45) is 5.73 Å². The average molecular weight is 235 g/mol. The van der Waals surface area contributed by atoms with Crippen molar-refractivity contribution in [1.82, 2.24) is 5.06 Å². The summed E-state index contributed by atoms with van der Waals surface area (Å²) >= 11 is 7.41. The molecule has 0 aliphatic heterocycles. The molecule has 0 saturated carbocycles. The largest absolute Gasteiger partial charge is 0.326 e. The summed E-state index contributed by atoms with van der Waals surface area (Å²) in [5.41, 5.74) is 5.90. The zero-order valence-corrected chi connectivity index (χ0v) is 10.1. The molecule has 0 aliphatic carbocycles. The van der Waals surface area contributed by atoms with E-state index in [-0.39, 0.29) is 12.1 Å². The highest BCUT2D eigenvalue weighted by Crippen LogP contribution is 2.31. The molecule has 1 rings (SSSR count). The number of hydrogen-bond acceptors (Lipinski definition) is 4. The van der Waals surface area contributed by atoms with Crippen molar-refractivity contribution in [3.63, 3.8) is 0 Å². The zero-order chi connectivity index (χ0) is 10.7. The fourth-order valence-corrected chi connectivity index (χ4v) is 2.68. The normalized spacial score (nSPS) is 15.9. The summed E-state index contributed by atoms with van der Waals surface area (Å²) in [5.74, 6) is 0. The van der Waals surface area contributed by atoms with Crippen molar-refractivity contribution in [3.05, 3.63) is 21.3 Å². The van der Waals surface area contributed by atoms with Gasteiger partial charge in [-0.3, -0.25) is 0 Å². The zero-order valence-electron chi connectivity index (χ0n) is 8.53. The Bertz CT molecular complexity index is 290. The summed E-state index contributed by atoms with van der Waals surface area (Å²) in [4.78, 5) is 6.27. The summed E-state index contributed by atoms with van der Waals surface area (Å²) < 4.78 is 0.773. The van der Waals surface area contributed by atoms with Crippen LogP contribution >= 0.6 is 22.9 Å². The van der Waals surface area contributed by atoms with Gasteiger partial charge < -0.3 is 10.6 Å². The van der Waals surface area contributed by atoms with Gasteiger partial charge in [0, 0.05) is 18.0 Å². The van der Waals surface area contributed by atoms with E-state index in [1.54, 1.807) is 12.2 Å². The Balaban J connectivity index is 2.88. The lowest BCUT2D eigenvalue weighted by molar-refractivity contribution is -0.146. The Hall–Kier alpha value is -0.130. The van der Waals surface area contributed by atoms with Gasteiger partial charge in [-0.15, -0.1) is 11.3 Å². The van der Waals surface area contributed by atoms with E-state index in [1.165, 1.54) is 11.3 Å². The average Bonchev–Trinajstić information content (AvgIpc) is 2.51. The van der Waals surface area contributed by atoms with Gasteiger partial charge in [0.1, 0.15) is 0 Å². The lowest BCUT2D eigenvalue weighted by atomic mass is 10.1. The molecule has 0 radical (unpaired) electrons. The fraction of sp³-hybridized carbons (Fsp3) is 0.556. The minimum atomic E-state index is -0.00494. The molecule has 3 nitrogen and oxygen atoms in total. The maximum atomic E-state index is 5.90. The molecular weight excluding hydrogens is 220 g/mol. The molecule has 1 aromatic rings. The predicted octanol–water partition coefficient (Wildman–Crippen LogP) is 2.28. The van der Waals surface area contributed by atoms with Crippen molar-refractivity contribution < 1.29 is 4.84 Å². The number of rotatable bonds is 4. The first-order valence-electron chi connectivity index (χ1n) is 4.34. The van der Waals surface area contributed by atoms with Crippen LogP contribution in [0, 0.1) is 0 Å². The van der Waals surface area contributed by atoms with E-state index in [4.69, 9.17) is 22.2 Å². The Morgan fingerprint density at radius 3 is 2.57 bits per heavy atom. The monoisotopic (exact) mass is 234 g/mol. The number of hydrogen-bond donors (Lipinski definition) is 1. The van der Waals surface area contributed by atoms with Gasteiger partial charge in [-0.1, -0.05) is 11.6 Å². The molecule has 0 spiro atoms. The van der Waals surface area contributed by atoms with Gasteiger partial charge in [0.15, 0.2) is 0 Å². The van der Waals surface area contributed by atoms with E-state index < -0.39 is 0 Å². The number of likely N-dealkylation sites (N-methyl/N-ethyl adjacent to an activating group) is 1. The van der Waals surface area contributed by atoms with E-state index in [9.17, 15) is 0 Å². The topological polar surface area (TPSA) is 38.5 Å². The SMILES string of the molecule is CON(C)C(c1ccc(Cl)s1)C(C)N. The van der Waals surface area contributed by atoms with Crippen LogP contribution in [-0.4, -0.2) is 25.3 Å². The van der Waals surface area contributed by atoms with Crippen molar-refractivity contribution in [2.75, 3.05) is 14.2 Å². The molecule has 1 aromatic heterocycles. The molecule has 14 heavy (non-hydrogen) atoms. The van der Waals surface area contributed by atoms with E-state index in [2.05, 4.69) is 0 Å². The Morgan fingerprint density at radius 2 is 2.21 bits per heavy atom. The molecule has 2 N–H and O–H groups in total. The number of nitrogens with two attached hydrogens (primary N) is 1. The lowest BCUT2D eigenvalue weighted by Gasteiger charge is -2.27. The van der Waals surface area contributed by atoms with Crippen LogP contribution < -0.4 is 5.73 Å². The first kappa shape index (κ1) is 11.9. The Kier molecular flexibility index (Phi) is 4.34. The number of thiophene rings is 1. The number of hydroxylamine groups is 2. The molecule has 2 atom stereocenters. The standard InChI is InChI=1S/C9H15ClN2OS/c1-6(11)9(12(2)13-3)7-4-5-8(10)14-7/h4-6,9H,11H2,1-3H3. The maximum absolute atomic E-state index is 5.90. The van der Waals surface area contributed by atoms with Crippen LogP contribution in [-0.2, 0) is 4.84 Å². The van der Waals surface area contributed by atoms with E-state index in [0.717, 1.165) is 9.21 Å². The van der Waals surface area contributed by atoms with Crippen LogP contribution in [0.25, 0.3) is 0 Å². The molecule has 0 aliphatic rings. The van der Waals surface area contributed by atoms with Gasteiger partial charge in [0.25, 0.3) is 0 Å². The third kappa shape index (κ3) is 2.68. The van der Waals surface area contributed by atoms with Crippen molar-refractivity contribution >= 4 is 22.9 Å². The quantitative estimate of drug-likeness (QED) is 0.813. The molecule has 2 unspecified atom stereocenters. The van der Waals surface area contributed by atoms with Crippen molar-refractivity contribution in [1.29, 1.82) is 0 Å². The molecular formula is C9H15ClN2OS. The van der Waals surface area contributed by atoms with E-state index in [1.807, 2.05) is 26.1 Å². The minimum absolute atomic E-state index is 0.00494. The first-order valence-corrected chi connectivity index (χ1v) is 5.53. The highest BCUT2D eigenvalue weighted by atomic mass is 35.5. The highest BCUT2D eigenvalue weighted by molar-refractivity contribution is 7.16. The van der Waals surface area contributed by atoms with Gasteiger partial charge in [-0.05, 0) is 19.1 Å². The smallest absolute Gasteiger partial charge is 0.0931 e. The minimum Gasteiger partial charge on any atom is -0.326 e. The van der Waals surface area contributed by atoms with E-state index in [0.29, 0.717) is 0 Å². The van der Waals surface area contributed by atoms with Crippen molar-refractivity contribution in [3.8, 4) is 0 Å². The Labute approximate surface area is 93.4 Å². The van der Waals surface area contributed by atoms with Gasteiger partial charge in [0.05, 0.1) is 17.5 Å². The third-order valence-corrected chi connectivity index (χ3v) is 3.37. The van der Waals surface area contributed by atoms with Gasteiger partial charge in [-0.2, -0.15) is 5.06 Å². The molecule has 5 heteroatoms. The first-order chi connectivity index (χ1) is 6.56. The summed E-state index contributed by atoms with van der Waals surface area (Å²) in [6, 6.07) is 3.91. The van der Waals surface area contributed by atoms with Gasteiger partial charge in [-0.25, -0.2) is 0 Å². The van der Waals surface area contributed by atoms with Crippen LogP contribution in [0.1, 0.15) is 17.8 Å². The molecule has 0 fully saturated rings. The predicted molar refractivity (Wildman–Crippen MR) is 60.5 cm³/mol. The number of halogens is 1. The van der Waals surface area contributed by atoms with Crippen LogP contribution in [0.15, 0.2) is 12.1 Å². The van der Waals surface area contributed by atoms with Crippen molar-refractivity contribution in [2.45, 2.75) is 19.0 Å². The van der Waals surface area contributed by atoms with Gasteiger partial charge >= 0.3 is 0 Å². The van der Waals surface area contributed by atoms with E-state index >= 15 is 0 Å². The van der Waals surface area contributed by atoms with Crippen LogP contribution in [0.4, 0.5) is 0 Å². The molecule has 0 saturated heterocycles. The summed E-state index contributed by atoms with van der Waals surface area (Å²) in [7, 11) is 3.49. The summed E-state index contributed by atoms with van der Waals surface area (Å²) in [5, 5.41) is 1.74. The Morgan fingerprint density at radius 1 is 1.57 bits per heavy atom. The maximum Gasteiger partial charge on any atom is 0.0931 e. The molecule has 0 amide bonds. The molecule has 80 valence electrons. The second kappa shape index (κ2) is 5.09. The second-order valence-electron chi connectivity index (χ2n) is 3.17. The highest BCUT2D eigenvalue weighted by Gasteiger charge is 2.22. The van der Waals surface area contributed by atoms with Crippen LogP contribution in [0.2, 0.25) is 4.34 Å². The molecule has 0 aromatic carbocycles. The van der Waals surface area contributed by atoms with Gasteiger partial charge in [0.2, 0.25) is 0 Å². The fourth-order valence-electron chi connectivity index (χ4n) is 1.37. The van der Waals surface area contributed by atoms with Crippen LogP contribution in [0.5, 0.6) is 0 Å².